The quantitative estimate of drug-likeness (QED) is 0.510. The van der Waals surface area contributed by atoms with Crippen LogP contribution in [0.15, 0.2) is 42.7 Å². The molecule has 0 bridgehead atoms. The molecule has 1 amide bonds. The van der Waals surface area contributed by atoms with E-state index in [4.69, 9.17) is 9.47 Å². The first kappa shape index (κ1) is 26.2. The molecular formula is C28H34N6O3. The average molecular weight is 503 g/mol. The number of aryl methyl sites for hydroxylation is 2. The lowest BCUT2D eigenvalue weighted by atomic mass is 9.99. The topological polar surface area (TPSA) is 107 Å². The summed E-state index contributed by atoms with van der Waals surface area (Å²) in [6.07, 6.45) is 3.99. The highest BCUT2D eigenvalue weighted by molar-refractivity contribution is 5.68. The number of imidazole rings is 1. The van der Waals surface area contributed by atoms with Gasteiger partial charge in [-0.25, -0.2) is 9.78 Å². The summed E-state index contributed by atoms with van der Waals surface area (Å²) in [5.74, 6) is 1.98. The summed E-state index contributed by atoms with van der Waals surface area (Å²) >= 11 is 0. The molecule has 37 heavy (non-hydrogen) atoms. The van der Waals surface area contributed by atoms with Crippen molar-refractivity contribution >= 4 is 6.09 Å². The molecule has 4 rings (SSSR count). The van der Waals surface area contributed by atoms with E-state index in [9.17, 15) is 10.1 Å². The lowest BCUT2D eigenvalue weighted by Crippen LogP contribution is -2.51. The Morgan fingerprint density at radius 3 is 2.51 bits per heavy atom. The summed E-state index contributed by atoms with van der Waals surface area (Å²) < 4.78 is 11.7. The van der Waals surface area contributed by atoms with Crippen LogP contribution in [0, 0.1) is 25.2 Å². The summed E-state index contributed by atoms with van der Waals surface area (Å²) in [4.78, 5) is 28.8. The number of aromatic nitrogens is 3. The van der Waals surface area contributed by atoms with Crippen molar-refractivity contribution < 1.29 is 14.3 Å². The number of nitriles is 1. The number of rotatable bonds is 6. The second kappa shape index (κ2) is 11.0. The monoisotopic (exact) mass is 502 g/mol. The van der Waals surface area contributed by atoms with Crippen LogP contribution in [0.25, 0.3) is 0 Å². The van der Waals surface area contributed by atoms with Crippen LogP contribution in [0.1, 0.15) is 55.2 Å². The number of ether oxygens (including phenoxy) is 2. The maximum absolute atomic E-state index is 12.6. The number of aromatic amines is 1. The van der Waals surface area contributed by atoms with E-state index in [0.717, 1.165) is 22.8 Å². The van der Waals surface area contributed by atoms with Gasteiger partial charge in [-0.15, -0.1) is 0 Å². The number of amides is 1. The van der Waals surface area contributed by atoms with Gasteiger partial charge in [-0.2, -0.15) is 5.26 Å². The van der Waals surface area contributed by atoms with Crippen LogP contribution in [0.5, 0.6) is 11.5 Å². The summed E-state index contributed by atoms with van der Waals surface area (Å²) in [7, 11) is 0. The minimum atomic E-state index is -0.520. The molecule has 1 saturated heterocycles. The maximum Gasteiger partial charge on any atom is 0.410 e. The van der Waals surface area contributed by atoms with E-state index < -0.39 is 5.60 Å². The van der Waals surface area contributed by atoms with Crippen molar-refractivity contribution in [2.75, 3.05) is 26.2 Å². The second-order valence-electron chi connectivity index (χ2n) is 10.3. The fourth-order valence-corrected chi connectivity index (χ4v) is 4.38. The van der Waals surface area contributed by atoms with Crippen molar-refractivity contribution in [1.82, 2.24) is 24.8 Å². The highest BCUT2D eigenvalue weighted by Gasteiger charge is 2.30. The summed E-state index contributed by atoms with van der Waals surface area (Å²) in [5, 5.41) is 9.65. The van der Waals surface area contributed by atoms with E-state index >= 15 is 0 Å². The highest BCUT2D eigenvalue weighted by Crippen LogP contribution is 2.31. The van der Waals surface area contributed by atoms with Crippen molar-refractivity contribution in [2.24, 2.45) is 0 Å². The van der Waals surface area contributed by atoms with Gasteiger partial charge in [0.2, 0.25) is 0 Å². The number of carbonyl (C=O) groups excluding carboxylic acids is 1. The van der Waals surface area contributed by atoms with E-state index in [2.05, 4.69) is 25.9 Å². The zero-order valence-corrected chi connectivity index (χ0v) is 22.1. The Kier molecular flexibility index (Phi) is 7.79. The summed E-state index contributed by atoms with van der Waals surface area (Å²) in [6.45, 7) is 12.0. The number of pyridine rings is 1. The van der Waals surface area contributed by atoms with Crippen LogP contribution >= 0.6 is 0 Å². The molecule has 0 aliphatic carbocycles. The number of benzene rings is 1. The van der Waals surface area contributed by atoms with Crippen molar-refractivity contribution in [2.45, 2.75) is 52.7 Å². The van der Waals surface area contributed by atoms with E-state index in [-0.39, 0.29) is 12.1 Å². The Bertz CT molecular complexity index is 1280. The van der Waals surface area contributed by atoms with E-state index in [1.54, 1.807) is 17.2 Å². The Balaban J connectivity index is 1.54. The minimum Gasteiger partial charge on any atom is -0.454 e. The van der Waals surface area contributed by atoms with Gasteiger partial charge in [0, 0.05) is 38.6 Å². The van der Waals surface area contributed by atoms with Crippen molar-refractivity contribution in [3.05, 3.63) is 71.1 Å². The van der Waals surface area contributed by atoms with Gasteiger partial charge in [0.25, 0.3) is 0 Å². The van der Waals surface area contributed by atoms with Gasteiger partial charge in [0.15, 0.2) is 0 Å². The summed E-state index contributed by atoms with van der Waals surface area (Å²) in [5.41, 5.74) is 2.74. The van der Waals surface area contributed by atoms with Crippen LogP contribution < -0.4 is 4.74 Å². The number of carbonyl (C=O) groups is 1. The second-order valence-corrected chi connectivity index (χ2v) is 10.3. The first-order valence-electron chi connectivity index (χ1n) is 12.5. The molecule has 3 aromatic rings. The van der Waals surface area contributed by atoms with Crippen LogP contribution in [-0.4, -0.2) is 62.6 Å². The molecule has 0 spiro atoms. The largest absolute Gasteiger partial charge is 0.454 e. The van der Waals surface area contributed by atoms with E-state index in [1.807, 2.05) is 65.1 Å². The van der Waals surface area contributed by atoms with Crippen molar-refractivity contribution in [3.8, 4) is 17.6 Å². The molecule has 1 unspecified atom stereocenters. The average Bonchev–Trinajstić information content (AvgIpc) is 3.29. The Morgan fingerprint density at radius 1 is 1.14 bits per heavy atom. The number of hydrogen-bond acceptors (Lipinski definition) is 7. The first-order valence-corrected chi connectivity index (χ1v) is 12.5. The Labute approximate surface area is 218 Å². The third-order valence-corrected chi connectivity index (χ3v) is 6.26. The van der Waals surface area contributed by atoms with Gasteiger partial charge in [-0.3, -0.25) is 9.88 Å². The van der Waals surface area contributed by atoms with Crippen LogP contribution in [0.2, 0.25) is 0 Å². The number of hydrogen-bond donors (Lipinski definition) is 1. The zero-order valence-electron chi connectivity index (χ0n) is 22.1. The third kappa shape index (κ3) is 6.66. The van der Waals surface area contributed by atoms with Gasteiger partial charge in [0.05, 0.1) is 23.0 Å². The van der Waals surface area contributed by atoms with E-state index in [1.165, 1.54) is 0 Å². The molecule has 1 aliphatic heterocycles. The SMILES string of the molecule is Cc1ncc(C(Cc2ccc(C#N)c(Oc3cccnc3C)c2)N2CCN(C(=O)OC(C)(C)C)CC2)[nH]1. The Hall–Kier alpha value is -3.90. The molecule has 1 fully saturated rings. The third-order valence-electron chi connectivity index (χ3n) is 6.26. The Morgan fingerprint density at radius 2 is 1.89 bits per heavy atom. The molecule has 0 radical (unpaired) electrons. The smallest absolute Gasteiger partial charge is 0.410 e. The molecule has 3 heterocycles. The van der Waals surface area contributed by atoms with Crippen molar-refractivity contribution in [1.29, 1.82) is 5.26 Å². The normalized spacial score (nSPS) is 15.2. The standard InChI is InChI=1S/C28H34N6O3/c1-19-25(7-6-10-30-19)36-26-16-21(8-9-22(26)17-29)15-24(23-18-31-20(2)32-23)33-11-13-34(14-12-33)27(35)37-28(3,4)5/h6-10,16,18,24H,11-15H2,1-5H3,(H,31,32). The van der Waals surface area contributed by atoms with Gasteiger partial charge < -0.3 is 19.4 Å². The van der Waals surface area contributed by atoms with Crippen molar-refractivity contribution in [3.63, 3.8) is 0 Å². The molecule has 194 valence electrons. The fourth-order valence-electron chi connectivity index (χ4n) is 4.38. The molecule has 0 saturated carbocycles. The predicted molar refractivity (Wildman–Crippen MR) is 139 cm³/mol. The minimum absolute atomic E-state index is 0.0166. The molecule has 1 N–H and O–H groups in total. The zero-order chi connectivity index (χ0) is 26.6. The molecule has 1 atom stereocenters. The molecule has 1 aromatic carbocycles. The number of nitrogens with one attached hydrogen (secondary N) is 1. The fraction of sp³-hybridized carbons (Fsp3) is 0.429. The van der Waals surface area contributed by atoms with E-state index in [0.29, 0.717) is 49.7 Å². The van der Waals surface area contributed by atoms with Crippen LogP contribution in [0.4, 0.5) is 4.79 Å². The lowest BCUT2D eigenvalue weighted by Gasteiger charge is -2.39. The first-order chi connectivity index (χ1) is 17.6. The maximum atomic E-state index is 12.6. The van der Waals surface area contributed by atoms with Gasteiger partial charge >= 0.3 is 6.09 Å². The van der Waals surface area contributed by atoms with Gasteiger partial charge in [-0.1, -0.05) is 6.07 Å². The predicted octanol–water partition coefficient (Wildman–Crippen LogP) is 4.92. The highest BCUT2D eigenvalue weighted by atomic mass is 16.6. The molecular weight excluding hydrogens is 468 g/mol. The molecule has 2 aromatic heterocycles. The molecule has 9 nitrogen and oxygen atoms in total. The van der Waals surface area contributed by atoms with Crippen LogP contribution in [-0.2, 0) is 11.2 Å². The molecule has 1 aliphatic rings. The number of nitrogens with zero attached hydrogens (tertiary/aromatic N) is 5. The van der Waals surface area contributed by atoms with Gasteiger partial charge in [-0.05, 0) is 70.9 Å². The number of H-pyrrole nitrogens is 1. The lowest BCUT2D eigenvalue weighted by molar-refractivity contribution is 0.00997. The molecule has 9 heteroatoms. The summed E-state index contributed by atoms with van der Waals surface area (Å²) in [6, 6.07) is 11.6. The number of piperazine rings is 1. The van der Waals surface area contributed by atoms with Gasteiger partial charge in [0.1, 0.15) is 29.0 Å². The van der Waals surface area contributed by atoms with Crippen LogP contribution in [0.3, 0.4) is 0 Å².